The Bertz CT molecular complexity index is 1340. The van der Waals surface area contributed by atoms with Crippen LogP contribution in [0.2, 0.25) is 0 Å². The first-order valence-corrected chi connectivity index (χ1v) is 9.45. The van der Waals surface area contributed by atoms with Crippen LogP contribution in [0.5, 0.6) is 17.2 Å². The van der Waals surface area contributed by atoms with Gasteiger partial charge in [0.25, 0.3) is 11.5 Å². The summed E-state index contributed by atoms with van der Waals surface area (Å²) in [4.78, 5) is 31.8. The van der Waals surface area contributed by atoms with E-state index >= 15 is 0 Å². The molecule has 156 valence electrons. The lowest BCUT2D eigenvalue weighted by Crippen LogP contribution is -2.18. The topological polar surface area (TPSA) is 120 Å². The fraction of sp³-hybridized carbons (Fsp3) is 0.143. The number of carbonyl (C=O) groups is 1. The molecule has 0 saturated carbocycles. The Hall–Kier alpha value is -4.34. The van der Waals surface area contributed by atoms with E-state index in [-0.39, 0.29) is 11.5 Å². The fourth-order valence-electron chi connectivity index (χ4n) is 3.40. The van der Waals surface area contributed by atoms with Gasteiger partial charge in [-0.3, -0.25) is 9.59 Å². The van der Waals surface area contributed by atoms with E-state index in [0.29, 0.717) is 58.4 Å². The first-order chi connectivity index (χ1) is 15.2. The average Bonchev–Trinajstić information content (AvgIpc) is 3.24. The first kappa shape index (κ1) is 18.7. The van der Waals surface area contributed by atoms with E-state index in [4.69, 9.17) is 14.2 Å². The third-order valence-corrected chi connectivity index (χ3v) is 4.84. The van der Waals surface area contributed by atoms with Gasteiger partial charge in [0.15, 0.2) is 17.1 Å². The number of para-hydroxylation sites is 2. The summed E-state index contributed by atoms with van der Waals surface area (Å²) in [5, 5.41) is 7.51. The Balaban J connectivity index is 1.52. The van der Waals surface area contributed by atoms with Crippen molar-refractivity contribution in [1.29, 1.82) is 0 Å². The van der Waals surface area contributed by atoms with Gasteiger partial charge in [-0.25, -0.2) is 9.67 Å². The van der Waals surface area contributed by atoms with Crippen molar-refractivity contribution in [3.8, 4) is 22.9 Å². The molecular weight excluding hydrogens is 402 g/mol. The monoisotopic (exact) mass is 419 g/mol. The van der Waals surface area contributed by atoms with Crippen molar-refractivity contribution < 1.29 is 19.0 Å². The number of amides is 1. The van der Waals surface area contributed by atoms with Gasteiger partial charge in [0.1, 0.15) is 18.6 Å². The van der Waals surface area contributed by atoms with Crippen molar-refractivity contribution >= 4 is 22.6 Å². The van der Waals surface area contributed by atoms with Crippen molar-refractivity contribution in [2.24, 2.45) is 0 Å². The summed E-state index contributed by atoms with van der Waals surface area (Å²) in [5.74, 6) is 0.970. The smallest absolute Gasteiger partial charge is 0.261 e. The molecule has 0 aliphatic carbocycles. The summed E-state index contributed by atoms with van der Waals surface area (Å²) in [6, 6.07) is 10.3. The molecule has 0 atom stereocenters. The van der Waals surface area contributed by atoms with Crippen LogP contribution in [-0.4, -0.2) is 46.0 Å². The second kappa shape index (κ2) is 7.48. The molecule has 4 aromatic rings. The molecule has 0 radical (unpaired) electrons. The highest BCUT2D eigenvalue weighted by atomic mass is 16.6. The number of nitrogens with one attached hydrogen (secondary N) is 2. The molecule has 0 spiro atoms. The van der Waals surface area contributed by atoms with Crippen LogP contribution in [0.15, 0.2) is 53.7 Å². The highest BCUT2D eigenvalue weighted by Gasteiger charge is 2.22. The number of nitrogens with zero attached hydrogens (tertiary/aromatic N) is 3. The number of methoxy groups -OCH3 is 1. The van der Waals surface area contributed by atoms with Gasteiger partial charge in [-0.05, 0) is 24.3 Å². The highest BCUT2D eigenvalue weighted by Crippen LogP contribution is 2.40. The maximum atomic E-state index is 13.0. The Morgan fingerprint density at radius 1 is 1.23 bits per heavy atom. The molecule has 10 nitrogen and oxygen atoms in total. The number of hydrogen-bond donors (Lipinski definition) is 2. The number of ether oxygens (including phenoxy) is 3. The van der Waals surface area contributed by atoms with Crippen LogP contribution < -0.4 is 25.1 Å². The number of hydrogen-bond acceptors (Lipinski definition) is 7. The van der Waals surface area contributed by atoms with Crippen molar-refractivity contribution in [3.05, 3.63) is 64.8 Å². The summed E-state index contributed by atoms with van der Waals surface area (Å²) in [7, 11) is 1.50. The number of anilines is 1. The molecule has 31 heavy (non-hydrogen) atoms. The van der Waals surface area contributed by atoms with Crippen LogP contribution >= 0.6 is 0 Å². The molecule has 10 heteroatoms. The summed E-state index contributed by atoms with van der Waals surface area (Å²) in [5.41, 5.74) is 1.49. The van der Waals surface area contributed by atoms with E-state index in [9.17, 15) is 9.59 Å². The zero-order chi connectivity index (χ0) is 21.4. The van der Waals surface area contributed by atoms with E-state index in [0.717, 1.165) is 0 Å². The molecule has 5 rings (SSSR count). The van der Waals surface area contributed by atoms with E-state index < -0.39 is 0 Å². The Kier molecular flexibility index (Phi) is 4.51. The fourth-order valence-corrected chi connectivity index (χ4v) is 3.40. The second-order valence-electron chi connectivity index (χ2n) is 6.70. The number of aromatic amines is 1. The van der Waals surface area contributed by atoms with E-state index in [1.165, 1.54) is 24.3 Å². The number of carbonyl (C=O) groups excluding carboxylic acids is 1. The minimum Gasteiger partial charge on any atom is -0.493 e. The molecule has 0 unspecified atom stereocenters. The number of rotatable bonds is 4. The van der Waals surface area contributed by atoms with Gasteiger partial charge in [0.05, 0.1) is 31.0 Å². The molecule has 2 aromatic carbocycles. The summed E-state index contributed by atoms with van der Waals surface area (Å²) in [6.07, 6.45) is 2.75. The van der Waals surface area contributed by atoms with Gasteiger partial charge < -0.3 is 24.5 Å². The van der Waals surface area contributed by atoms with Gasteiger partial charge in [-0.2, -0.15) is 5.10 Å². The molecule has 0 saturated heterocycles. The van der Waals surface area contributed by atoms with E-state index in [2.05, 4.69) is 20.4 Å². The molecule has 1 aliphatic heterocycles. The van der Waals surface area contributed by atoms with E-state index in [1.807, 2.05) is 0 Å². The largest absolute Gasteiger partial charge is 0.493 e. The van der Waals surface area contributed by atoms with Crippen LogP contribution in [0.3, 0.4) is 0 Å². The number of aromatic nitrogens is 4. The van der Waals surface area contributed by atoms with Crippen LogP contribution in [-0.2, 0) is 0 Å². The highest BCUT2D eigenvalue weighted by molar-refractivity contribution is 6.06. The van der Waals surface area contributed by atoms with Crippen molar-refractivity contribution in [2.45, 2.75) is 0 Å². The Labute approximate surface area is 175 Å². The standard InChI is InChI=1S/C21H17N5O5/c1-29-16-8-12(9-17-18(16)31-7-6-30-17)20(27)25-14-4-2-3-5-15(14)26-19-13(10-24-26)21(28)23-11-22-19/h2-5,8-11H,6-7H2,1H3,(H,25,27)(H,22,23,28). The molecule has 3 heterocycles. The third kappa shape index (κ3) is 3.23. The van der Waals surface area contributed by atoms with Crippen LogP contribution in [0.25, 0.3) is 16.7 Å². The lowest BCUT2D eigenvalue weighted by Gasteiger charge is -2.21. The summed E-state index contributed by atoms with van der Waals surface area (Å²) < 4.78 is 18.1. The van der Waals surface area contributed by atoms with Gasteiger partial charge >= 0.3 is 0 Å². The van der Waals surface area contributed by atoms with Gasteiger partial charge in [-0.15, -0.1) is 0 Å². The molecule has 1 amide bonds. The summed E-state index contributed by atoms with van der Waals surface area (Å²) >= 11 is 0. The first-order valence-electron chi connectivity index (χ1n) is 9.45. The average molecular weight is 419 g/mol. The lowest BCUT2D eigenvalue weighted by atomic mass is 10.1. The third-order valence-electron chi connectivity index (χ3n) is 4.84. The van der Waals surface area contributed by atoms with Crippen molar-refractivity contribution in [3.63, 3.8) is 0 Å². The van der Waals surface area contributed by atoms with Crippen LogP contribution in [0, 0.1) is 0 Å². The second-order valence-corrected chi connectivity index (χ2v) is 6.70. The van der Waals surface area contributed by atoms with Crippen molar-refractivity contribution in [1.82, 2.24) is 19.7 Å². The number of fused-ring (bicyclic) bond motifs is 2. The minimum absolute atomic E-state index is 0.291. The Morgan fingerprint density at radius 2 is 2.06 bits per heavy atom. The maximum absolute atomic E-state index is 13.0. The van der Waals surface area contributed by atoms with Gasteiger partial charge in [0, 0.05) is 5.56 Å². The zero-order valence-corrected chi connectivity index (χ0v) is 16.4. The molecule has 2 N–H and O–H groups in total. The normalized spacial score (nSPS) is 12.5. The molecular formula is C21H17N5O5. The molecule has 0 bridgehead atoms. The number of H-pyrrole nitrogens is 1. The predicted molar refractivity (Wildman–Crippen MR) is 111 cm³/mol. The van der Waals surface area contributed by atoms with Crippen LogP contribution in [0.4, 0.5) is 5.69 Å². The Morgan fingerprint density at radius 3 is 2.94 bits per heavy atom. The lowest BCUT2D eigenvalue weighted by molar-refractivity contribution is 0.102. The maximum Gasteiger partial charge on any atom is 0.261 e. The predicted octanol–water partition coefficient (Wildman–Crippen LogP) is 2.14. The van der Waals surface area contributed by atoms with Crippen molar-refractivity contribution in [2.75, 3.05) is 25.6 Å². The van der Waals surface area contributed by atoms with E-state index in [1.54, 1.807) is 36.4 Å². The van der Waals surface area contributed by atoms with Gasteiger partial charge in [0.2, 0.25) is 5.75 Å². The SMILES string of the molecule is COc1cc(C(=O)Nc2ccccc2-n2ncc3c(=O)[nH]cnc32)cc2c1OCCO2. The quantitative estimate of drug-likeness (QED) is 0.520. The van der Waals surface area contributed by atoms with Gasteiger partial charge in [-0.1, -0.05) is 12.1 Å². The van der Waals surface area contributed by atoms with Crippen LogP contribution in [0.1, 0.15) is 10.4 Å². The molecule has 1 aliphatic rings. The minimum atomic E-state index is -0.370. The molecule has 0 fully saturated rings. The summed E-state index contributed by atoms with van der Waals surface area (Å²) in [6.45, 7) is 0.805. The number of benzene rings is 2. The molecule has 2 aromatic heterocycles. The zero-order valence-electron chi connectivity index (χ0n) is 16.4.